The summed E-state index contributed by atoms with van der Waals surface area (Å²) < 4.78 is 6.07. The van der Waals surface area contributed by atoms with Crippen LogP contribution in [0.4, 0.5) is 0 Å². The van der Waals surface area contributed by atoms with Gasteiger partial charge in [0, 0.05) is 6.92 Å². The molecule has 0 aliphatic heterocycles. The van der Waals surface area contributed by atoms with Crippen LogP contribution in [0.25, 0.3) is 6.08 Å². The first-order valence-corrected chi connectivity index (χ1v) is 10.1. The molecule has 1 aliphatic rings. The van der Waals surface area contributed by atoms with Gasteiger partial charge in [0.25, 0.3) is 0 Å². The number of amides is 1. The molecule has 2 aromatic carbocycles. The molecule has 5 heteroatoms. The summed E-state index contributed by atoms with van der Waals surface area (Å²) >= 11 is 0. The Labute approximate surface area is 177 Å². The van der Waals surface area contributed by atoms with Gasteiger partial charge in [-0.1, -0.05) is 45.9 Å². The summed E-state index contributed by atoms with van der Waals surface area (Å²) in [7, 11) is 0. The number of carbonyl (C=O) groups excluding carboxylic acids is 1. The average molecular weight is 408 g/mol. The molecule has 158 valence electrons. The highest BCUT2D eigenvalue weighted by molar-refractivity contribution is 5.96. The molecular weight excluding hydrogens is 378 g/mol. The molecule has 0 fully saturated rings. The number of hydrogen-bond donors (Lipinski definition) is 2. The number of nitrogens with one attached hydrogen (secondary N) is 1. The minimum atomic E-state index is -1.19. The van der Waals surface area contributed by atoms with Crippen molar-refractivity contribution in [2.24, 2.45) is 0 Å². The maximum atomic E-state index is 11.3. The highest BCUT2D eigenvalue weighted by atomic mass is 16.5. The number of benzene rings is 2. The van der Waals surface area contributed by atoms with Gasteiger partial charge in [-0.3, -0.25) is 4.79 Å². The summed E-state index contributed by atoms with van der Waals surface area (Å²) in [5, 5.41) is 11.5. The van der Waals surface area contributed by atoms with Crippen molar-refractivity contribution in [3.8, 4) is 11.5 Å². The molecule has 0 aromatic heterocycles. The average Bonchev–Trinajstić information content (AvgIpc) is 2.66. The maximum Gasteiger partial charge on any atom is 0.352 e. The fraction of sp³-hybridized carbons (Fsp3) is 0.360. The summed E-state index contributed by atoms with van der Waals surface area (Å²) in [6.07, 6.45) is 3.72. The third-order valence-electron chi connectivity index (χ3n) is 5.79. The second-order valence-corrected chi connectivity index (χ2v) is 9.19. The van der Waals surface area contributed by atoms with Crippen LogP contribution < -0.4 is 10.1 Å². The van der Waals surface area contributed by atoms with Crippen LogP contribution in [-0.4, -0.2) is 17.0 Å². The van der Waals surface area contributed by atoms with Crippen LogP contribution in [0, 0.1) is 0 Å². The van der Waals surface area contributed by atoms with E-state index in [1.54, 1.807) is 24.3 Å². The zero-order chi connectivity index (χ0) is 22.1. The second-order valence-electron chi connectivity index (χ2n) is 9.19. The fourth-order valence-electron chi connectivity index (χ4n) is 3.91. The first-order chi connectivity index (χ1) is 14.0. The lowest BCUT2D eigenvalue weighted by atomic mass is 9.63. The molecule has 2 N–H and O–H groups in total. The summed E-state index contributed by atoms with van der Waals surface area (Å²) in [5.41, 5.74) is 3.46. The predicted molar refractivity (Wildman–Crippen MR) is 118 cm³/mol. The molecule has 0 unspecified atom stereocenters. The van der Waals surface area contributed by atoms with Crippen molar-refractivity contribution >= 4 is 18.0 Å². The second kappa shape index (κ2) is 7.98. The highest BCUT2D eigenvalue weighted by Gasteiger charge is 2.37. The molecule has 0 bridgehead atoms. The van der Waals surface area contributed by atoms with Crippen LogP contribution in [0.5, 0.6) is 11.5 Å². The van der Waals surface area contributed by atoms with Crippen LogP contribution >= 0.6 is 0 Å². The summed E-state index contributed by atoms with van der Waals surface area (Å²) in [4.78, 5) is 22.4. The lowest BCUT2D eigenvalue weighted by Crippen LogP contribution is -2.33. The van der Waals surface area contributed by atoms with E-state index in [1.807, 2.05) is 6.07 Å². The number of rotatable bonds is 5. The molecule has 0 atom stereocenters. The number of carboxylic acid groups (broad SMARTS) is 1. The zero-order valence-corrected chi connectivity index (χ0v) is 18.2. The van der Waals surface area contributed by atoms with Crippen molar-refractivity contribution < 1.29 is 19.4 Å². The Bertz CT molecular complexity index is 1000. The monoisotopic (exact) mass is 407 g/mol. The van der Waals surface area contributed by atoms with E-state index in [-0.39, 0.29) is 16.5 Å². The number of hydrogen-bond acceptors (Lipinski definition) is 3. The van der Waals surface area contributed by atoms with E-state index in [0.717, 1.165) is 12.2 Å². The first-order valence-electron chi connectivity index (χ1n) is 10.1. The lowest BCUT2D eigenvalue weighted by Gasteiger charge is -2.41. The molecule has 2 aromatic rings. The van der Waals surface area contributed by atoms with Crippen LogP contribution in [0.15, 0.2) is 48.2 Å². The van der Waals surface area contributed by atoms with Gasteiger partial charge < -0.3 is 15.2 Å². The molecule has 1 aliphatic carbocycles. The van der Waals surface area contributed by atoms with Crippen molar-refractivity contribution in [1.82, 2.24) is 5.32 Å². The smallest absolute Gasteiger partial charge is 0.352 e. The minimum absolute atomic E-state index is 0.107. The predicted octanol–water partition coefficient (Wildman–Crippen LogP) is 5.39. The third-order valence-corrected chi connectivity index (χ3v) is 5.79. The Morgan fingerprint density at radius 2 is 1.50 bits per heavy atom. The van der Waals surface area contributed by atoms with Gasteiger partial charge in [0.15, 0.2) is 0 Å². The minimum Gasteiger partial charge on any atom is -0.477 e. The number of carboxylic acids is 1. The van der Waals surface area contributed by atoms with Crippen LogP contribution in [0.1, 0.15) is 64.2 Å². The SMILES string of the molecule is CC(=O)N/C(=C\c1ccc(Oc2ccc3c(c2)C(C)(C)CCC3(C)C)cc1)C(=O)O. The van der Waals surface area contributed by atoms with Crippen molar-refractivity contribution in [2.45, 2.75) is 58.3 Å². The van der Waals surface area contributed by atoms with Gasteiger partial charge in [-0.15, -0.1) is 0 Å². The summed E-state index contributed by atoms with van der Waals surface area (Å²) in [6, 6.07) is 13.4. The third kappa shape index (κ3) is 4.73. The Morgan fingerprint density at radius 3 is 2.07 bits per heavy atom. The summed E-state index contributed by atoms with van der Waals surface area (Å²) in [5.74, 6) is -0.170. The topological polar surface area (TPSA) is 75.6 Å². The van der Waals surface area contributed by atoms with Gasteiger partial charge in [-0.25, -0.2) is 4.79 Å². The van der Waals surface area contributed by atoms with E-state index in [2.05, 4.69) is 45.1 Å². The van der Waals surface area contributed by atoms with E-state index in [4.69, 9.17) is 4.74 Å². The van der Waals surface area contributed by atoms with Crippen molar-refractivity contribution in [2.75, 3.05) is 0 Å². The van der Waals surface area contributed by atoms with Gasteiger partial charge in [0.2, 0.25) is 5.91 Å². The Morgan fingerprint density at radius 1 is 0.933 bits per heavy atom. The maximum absolute atomic E-state index is 11.3. The molecule has 0 spiro atoms. The molecule has 5 nitrogen and oxygen atoms in total. The van der Waals surface area contributed by atoms with Crippen LogP contribution in [0.2, 0.25) is 0 Å². The van der Waals surface area contributed by atoms with Crippen molar-refractivity contribution in [3.05, 3.63) is 64.9 Å². The zero-order valence-electron chi connectivity index (χ0n) is 18.2. The molecular formula is C25H29NO4. The van der Waals surface area contributed by atoms with E-state index in [9.17, 15) is 14.7 Å². The quantitative estimate of drug-likeness (QED) is 0.652. The Kier molecular flexibility index (Phi) is 5.75. The molecule has 1 amide bonds. The molecule has 30 heavy (non-hydrogen) atoms. The van der Waals surface area contributed by atoms with E-state index in [1.165, 1.54) is 30.5 Å². The fourth-order valence-corrected chi connectivity index (χ4v) is 3.91. The molecule has 3 rings (SSSR count). The molecule has 0 radical (unpaired) electrons. The van der Waals surface area contributed by atoms with Crippen LogP contribution in [-0.2, 0) is 20.4 Å². The van der Waals surface area contributed by atoms with Gasteiger partial charge in [-0.05, 0) is 70.7 Å². The lowest BCUT2D eigenvalue weighted by molar-refractivity contribution is -0.134. The Hall–Kier alpha value is -3.08. The normalized spacial score (nSPS) is 17.0. The largest absolute Gasteiger partial charge is 0.477 e. The number of fused-ring (bicyclic) bond motifs is 1. The highest BCUT2D eigenvalue weighted by Crippen LogP contribution is 2.47. The number of ether oxygens (including phenoxy) is 1. The van der Waals surface area contributed by atoms with Crippen molar-refractivity contribution in [1.29, 1.82) is 0 Å². The van der Waals surface area contributed by atoms with E-state index in [0.29, 0.717) is 11.3 Å². The molecule has 0 saturated heterocycles. The summed E-state index contributed by atoms with van der Waals surface area (Å²) in [6.45, 7) is 10.4. The van der Waals surface area contributed by atoms with Gasteiger partial charge in [0.1, 0.15) is 17.2 Å². The van der Waals surface area contributed by atoms with Gasteiger partial charge in [0.05, 0.1) is 0 Å². The van der Waals surface area contributed by atoms with E-state index < -0.39 is 11.9 Å². The molecule has 0 saturated carbocycles. The number of carbonyl (C=O) groups is 2. The number of aliphatic carboxylic acids is 1. The van der Waals surface area contributed by atoms with E-state index >= 15 is 0 Å². The van der Waals surface area contributed by atoms with Crippen LogP contribution in [0.3, 0.4) is 0 Å². The van der Waals surface area contributed by atoms with Crippen molar-refractivity contribution in [3.63, 3.8) is 0 Å². The van der Waals surface area contributed by atoms with Gasteiger partial charge >= 0.3 is 5.97 Å². The first kappa shape index (κ1) is 21.6. The standard InChI is InChI=1S/C25H29NO4/c1-16(27)26-22(23(28)29)14-17-6-8-18(9-7-17)30-19-10-11-20-21(15-19)25(4,5)13-12-24(20,2)3/h6-11,14-15H,12-13H2,1-5H3,(H,26,27)(H,28,29)/b22-14-. The van der Waals surface area contributed by atoms with Gasteiger partial charge in [-0.2, -0.15) is 0 Å². The molecule has 0 heterocycles. The Balaban J connectivity index is 1.83.